The molecule has 110 valence electrons. The van der Waals surface area contributed by atoms with Crippen LogP contribution in [0.4, 0.5) is 0 Å². The van der Waals surface area contributed by atoms with Crippen molar-refractivity contribution in [3.63, 3.8) is 0 Å². The number of hydrogen-bond donors (Lipinski definition) is 0. The van der Waals surface area contributed by atoms with E-state index in [1.54, 1.807) is 6.07 Å². The Labute approximate surface area is 117 Å². The Bertz CT molecular complexity index is 474. The molecule has 6 nitrogen and oxygen atoms in total. The summed E-state index contributed by atoms with van der Waals surface area (Å²) in [5.74, 6) is -0.360. The van der Waals surface area contributed by atoms with Crippen LogP contribution in [0.3, 0.4) is 0 Å². The molecule has 1 aliphatic heterocycles. The van der Waals surface area contributed by atoms with Gasteiger partial charge in [0.1, 0.15) is 0 Å². The minimum Gasteiger partial charge on any atom is -0.469 e. The van der Waals surface area contributed by atoms with Gasteiger partial charge in [0.2, 0.25) is 5.76 Å². The van der Waals surface area contributed by atoms with E-state index in [0.717, 1.165) is 31.5 Å². The van der Waals surface area contributed by atoms with E-state index in [2.05, 4.69) is 9.64 Å². The largest absolute Gasteiger partial charge is 0.469 e. The topological polar surface area (TPSA) is 69.0 Å². The molecule has 0 atom stereocenters. The number of ether oxygens (including phenoxy) is 2. The lowest BCUT2D eigenvalue weighted by atomic mass is 9.97. The van der Waals surface area contributed by atoms with Crippen LogP contribution >= 0.6 is 0 Å². The van der Waals surface area contributed by atoms with E-state index in [9.17, 15) is 9.59 Å². The number of piperidine rings is 1. The van der Waals surface area contributed by atoms with Gasteiger partial charge in [-0.2, -0.15) is 0 Å². The maximum absolute atomic E-state index is 11.5. The molecule has 2 heterocycles. The zero-order chi connectivity index (χ0) is 14.5. The maximum atomic E-state index is 11.5. The van der Waals surface area contributed by atoms with Crippen molar-refractivity contribution in [3.05, 3.63) is 23.7 Å². The number of rotatable bonds is 4. The second-order valence-corrected chi connectivity index (χ2v) is 4.84. The van der Waals surface area contributed by atoms with Crippen LogP contribution in [0.5, 0.6) is 0 Å². The number of methoxy groups -OCH3 is 2. The molecule has 1 saturated heterocycles. The summed E-state index contributed by atoms with van der Waals surface area (Å²) < 4.78 is 14.6. The number of esters is 2. The number of carbonyl (C=O) groups is 2. The molecule has 0 bridgehead atoms. The molecular formula is C14H19NO5. The highest BCUT2D eigenvalue weighted by atomic mass is 16.5. The van der Waals surface area contributed by atoms with Gasteiger partial charge in [-0.1, -0.05) is 0 Å². The molecule has 0 aliphatic carbocycles. The fourth-order valence-electron chi connectivity index (χ4n) is 2.47. The summed E-state index contributed by atoms with van der Waals surface area (Å²) >= 11 is 0. The van der Waals surface area contributed by atoms with Gasteiger partial charge in [0, 0.05) is 12.1 Å². The van der Waals surface area contributed by atoms with Crippen LogP contribution in [0.1, 0.15) is 29.0 Å². The van der Waals surface area contributed by atoms with Crippen molar-refractivity contribution >= 4 is 11.9 Å². The molecule has 2 rings (SSSR count). The maximum Gasteiger partial charge on any atom is 0.374 e. The second kappa shape index (κ2) is 6.56. The van der Waals surface area contributed by atoms with Crippen LogP contribution in [0.2, 0.25) is 0 Å². The molecule has 0 aromatic carbocycles. The molecule has 6 heteroatoms. The van der Waals surface area contributed by atoms with E-state index in [1.807, 2.05) is 0 Å². The Hall–Kier alpha value is -1.82. The second-order valence-electron chi connectivity index (χ2n) is 4.84. The fraction of sp³-hybridized carbons (Fsp3) is 0.571. The predicted molar refractivity (Wildman–Crippen MR) is 70.1 cm³/mol. The molecule has 0 spiro atoms. The van der Waals surface area contributed by atoms with Crippen molar-refractivity contribution in [2.45, 2.75) is 19.4 Å². The normalized spacial score (nSPS) is 16.9. The van der Waals surface area contributed by atoms with Gasteiger partial charge in [-0.05, 0) is 32.0 Å². The lowest BCUT2D eigenvalue weighted by Gasteiger charge is -2.30. The van der Waals surface area contributed by atoms with Gasteiger partial charge in [0.25, 0.3) is 0 Å². The predicted octanol–water partition coefficient (Wildman–Crippen LogP) is 1.45. The van der Waals surface area contributed by atoms with Gasteiger partial charge in [-0.15, -0.1) is 0 Å². The first kappa shape index (κ1) is 14.6. The Morgan fingerprint density at radius 3 is 2.60 bits per heavy atom. The van der Waals surface area contributed by atoms with E-state index < -0.39 is 5.97 Å². The molecule has 1 aromatic rings. The average Bonchev–Trinajstić information content (AvgIpc) is 2.94. The SMILES string of the molecule is COC(=O)c1occc1CN1CCC(C(=O)OC)CC1. The first-order valence-corrected chi connectivity index (χ1v) is 6.60. The molecule has 1 aliphatic rings. The van der Waals surface area contributed by atoms with Crippen molar-refractivity contribution < 1.29 is 23.5 Å². The molecular weight excluding hydrogens is 262 g/mol. The molecule has 0 unspecified atom stereocenters. The average molecular weight is 281 g/mol. The van der Waals surface area contributed by atoms with E-state index >= 15 is 0 Å². The summed E-state index contributed by atoms with van der Waals surface area (Å²) in [6.07, 6.45) is 3.04. The Kier molecular flexibility index (Phi) is 4.79. The van der Waals surface area contributed by atoms with E-state index in [1.165, 1.54) is 20.5 Å². The summed E-state index contributed by atoms with van der Waals surface area (Å²) in [6, 6.07) is 1.78. The minimum absolute atomic E-state index is 0.0133. The number of hydrogen-bond acceptors (Lipinski definition) is 6. The molecule has 20 heavy (non-hydrogen) atoms. The summed E-state index contributed by atoms with van der Waals surface area (Å²) in [6.45, 7) is 2.21. The van der Waals surface area contributed by atoms with Crippen molar-refractivity contribution in [2.24, 2.45) is 5.92 Å². The summed E-state index contributed by atoms with van der Waals surface area (Å²) in [5, 5.41) is 0. The van der Waals surface area contributed by atoms with Crippen molar-refractivity contribution in [3.8, 4) is 0 Å². The summed E-state index contributed by atoms with van der Waals surface area (Å²) in [7, 11) is 2.75. The third-order valence-electron chi connectivity index (χ3n) is 3.63. The van der Waals surface area contributed by atoms with Crippen LogP contribution in [-0.4, -0.2) is 44.1 Å². The highest BCUT2D eigenvalue weighted by Crippen LogP contribution is 2.21. The van der Waals surface area contributed by atoms with Gasteiger partial charge < -0.3 is 13.9 Å². The van der Waals surface area contributed by atoms with Gasteiger partial charge in [0.15, 0.2) is 0 Å². The van der Waals surface area contributed by atoms with Crippen molar-refractivity contribution in [2.75, 3.05) is 27.3 Å². The zero-order valence-corrected chi connectivity index (χ0v) is 11.8. The minimum atomic E-state index is -0.463. The lowest BCUT2D eigenvalue weighted by molar-refractivity contribution is -0.147. The third-order valence-corrected chi connectivity index (χ3v) is 3.63. The number of nitrogens with zero attached hydrogens (tertiary/aromatic N) is 1. The van der Waals surface area contributed by atoms with Crippen LogP contribution in [0.25, 0.3) is 0 Å². The molecule has 0 saturated carbocycles. The van der Waals surface area contributed by atoms with Gasteiger partial charge in [-0.25, -0.2) is 4.79 Å². The lowest BCUT2D eigenvalue weighted by Crippen LogP contribution is -2.36. The van der Waals surface area contributed by atoms with Gasteiger partial charge in [-0.3, -0.25) is 9.69 Å². The first-order valence-electron chi connectivity index (χ1n) is 6.60. The molecule has 0 N–H and O–H groups in total. The first-order chi connectivity index (χ1) is 9.65. The molecule has 0 amide bonds. The molecule has 1 aromatic heterocycles. The van der Waals surface area contributed by atoms with E-state index in [-0.39, 0.29) is 17.6 Å². The van der Waals surface area contributed by atoms with Crippen LogP contribution in [0.15, 0.2) is 16.7 Å². The number of likely N-dealkylation sites (tertiary alicyclic amines) is 1. The fourth-order valence-corrected chi connectivity index (χ4v) is 2.47. The molecule has 0 radical (unpaired) electrons. The van der Waals surface area contributed by atoms with Crippen molar-refractivity contribution in [1.29, 1.82) is 0 Å². The molecule has 1 fully saturated rings. The third kappa shape index (κ3) is 3.19. The highest BCUT2D eigenvalue weighted by Gasteiger charge is 2.26. The highest BCUT2D eigenvalue weighted by molar-refractivity contribution is 5.87. The van der Waals surface area contributed by atoms with E-state index in [0.29, 0.717) is 6.54 Å². The number of furan rings is 1. The van der Waals surface area contributed by atoms with Gasteiger partial charge in [0.05, 0.1) is 26.4 Å². The van der Waals surface area contributed by atoms with Gasteiger partial charge >= 0.3 is 11.9 Å². The van der Waals surface area contributed by atoms with Crippen molar-refractivity contribution in [1.82, 2.24) is 4.90 Å². The van der Waals surface area contributed by atoms with Crippen LogP contribution < -0.4 is 0 Å². The smallest absolute Gasteiger partial charge is 0.374 e. The Morgan fingerprint density at radius 2 is 2.00 bits per heavy atom. The summed E-state index contributed by atoms with van der Waals surface area (Å²) in [5.41, 5.74) is 0.813. The Morgan fingerprint density at radius 1 is 1.30 bits per heavy atom. The number of carbonyl (C=O) groups excluding carboxylic acids is 2. The standard InChI is InChI=1S/C14H19NO5/c1-18-13(16)10-3-6-15(7-4-10)9-11-5-8-20-12(11)14(17)19-2/h5,8,10H,3-4,6-7,9H2,1-2H3. The quantitative estimate of drug-likeness (QED) is 0.778. The van der Waals surface area contributed by atoms with E-state index in [4.69, 9.17) is 9.15 Å². The summed E-state index contributed by atoms with van der Waals surface area (Å²) in [4.78, 5) is 25.2. The Balaban J connectivity index is 1.91. The zero-order valence-electron chi connectivity index (χ0n) is 11.8. The monoisotopic (exact) mass is 281 g/mol. The van der Waals surface area contributed by atoms with Crippen LogP contribution in [-0.2, 0) is 20.8 Å². The van der Waals surface area contributed by atoms with Crippen LogP contribution in [0, 0.1) is 5.92 Å².